The number of hydrogen-bond acceptors (Lipinski definition) is 2. The summed E-state index contributed by atoms with van der Waals surface area (Å²) in [5, 5.41) is 5.02. The summed E-state index contributed by atoms with van der Waals surface area (Å²) in [6.07, 6.45) is 0. The van der Waals surface area contributed by atoms with Crippen LogP contribution >= 0.6 is 0 Å². The number of rotatable bonds is 3. The fourth-order valence-electron chi connectivity index (χ4n) is 9.60. The third kappa shape index (κ3) is 4.11. The van der Waals surface area contributed by atoms with Crippen LogP contribution in [0.1, 0.15) is 49.9 Å². The Morgan fingerprint density at radius 3 is 1.87 bits per heavy atom. The molecule has 0 saturated carbocycles. The monoisotopic (exact) mass is 679 g/mol. The molecule has 2 heterocycles. The van der Waals surface area contributed by atoms with E-state index in [0.717, 1.165) is 33.5 Å². The van der Waals surface area contributed by atoms with Crippen molar-refractivity contribution in [3.8, 4) is 50.7 Å². The molecule has 0 radical (unpaired) electrons. The van der Waals surface area contributed by atoms with Crippen LogP contribution in [0.25, 0.3) is 83.3 Å². The van der Waals surface area contributed by atoms with Crippen LogP contribution in [0.5, 0.6) is 0 Å². The van der Waals surface area contributed by atoms with Gasteiger partial charge in [0.1, 0.15) is 0 Å². The molecule has 0 spiro atoms. The van der Waals surface area contributed by atoms with E-state index in [4.69, 9.17) is 9.97 Å². The highest BCUT2D eigenvalue weighted by Gasteiger charge is 2.37. The van der Waals surface area contributed by atoms with Crippen LogP contribution in [0.3, 0.4) is 0 Å². The second-order valence-corrected chi connectivity index (χ2v) is 15.8. The van der Waals surface area contributed by atoms with E-state index in [1.165, 1.54) is 66.1 Å². The fraction of sp³-hybridized carbons (Fsp3) is 0.120. The first-order valence-corrected chi connectivity index (χ1v) is 18.6. The van der Waals surface area contributed by atoms with Gasteiger partial charge < -0.3 is 0 Å². The van der Waals surface area contributed by atoms with Crippen molar-refractivity contribution in [2.45, 2.75) is 38.5 Å². The molecule has 0 unspecified atom stereocenters. The van der Waals surface area contributed by atoms with Gasteiger partial charge in [-0.1, -0.05) is 155 Å². The lowest BCUT2D eigenvalue weighted by atomic mass is 9.68. The van der Waals surface area contributed by atoms with Gasteiger partial charge in [0.15, 0.2) is 0 Å². The summed E-state index contributed by atoms with van der Waals surface area (Å²) in [7, 11) is 0. The lowest BCUT2D eigenvalue weighted by Gasteiger charge is -2.35. The Kier molecular flexibility index (Phi) is 6.07. The van der Waals surface area contributed by atoms with E-state index in [-0.39, 0.29) is 10.8 Å². The average Bonchev–Trinajstić information content (AvgIpc) is 3.64. The fourth-order valence-corrected chi connectivity index (χ4v) is 9.60. The van der Waals surface area contributed by atoms with Gasteiger partial charge in [-0.25, -0.2) is 9.97 Å². The summed E-state index contributed by atoms with van der Waals surface area (Å²) in [5.41, 5.74) is 16.6. The standard InChI is InChI=1S/C50H37N3/c1-49(2)38-22-12-9-19-35(38)47-45-32(17-14-23-39(45)49)28-44-46(47)36-20-10-13-24-43(36)53(44)48-51-41(30-15-6-5-7-16-30)29-42(52-48)31-25-26-34-33-18-8-11-21-37(33)50(3,4)40(34)27-31/h5-29H,1-4H3. The zero-order valence-corrected chi connectivity index (χ0v) is 30.3. The first kappa shape index (κ1) is 30.3. The summed E-state index contributed by atoms with van der Waals surface area (Å²) < 4.78 is 2.30. The summed E-state index contributed by atoms with van der Waals surface area (Å²) in [5.74, 6) is 0.669. The van der Waals surface area contributed by atoms with Gasteiger partial charge >= 0.3 is 0 Å². The molecule has 0 bridgehead atoms. The second-order valence-electron chi connectivity index (χ2n) is 15.8. The van der Waals surface area contributed by atoms with Crippen molar-refractivity contribution >= 4 is 32.6 Å². The zero-order chi connectivity index (χ0) is 35.6. The molecule has 2 aliphatic rings. The van der Waals surface area contributed by atoms with E-state index in [9.17, 15) is 0 Å². The van der Waals surface area contributed by atoms with E-state index in [0.29, 0.717) is 5.95 Å². The Bertz CT molecular complexity index is 3000. The van der Waals surface area contributed by atoms with E-state index < -0.39 is 0 Å². The minimum atomic E-state index is -0.122. The van der Waals surface area contributed by atoms with Crippen LogP contribution in [-0.4, -0.2) is 14.5 Å². The van der Waals surface area contributed by atoms with Crippen LogP contribution in [0.15, 0.2) is 152 Å². The van der Waals surface area contributed by atoms with Crippen molar-refractivity contribution < 1.29 is 0 Å². The molecule has 0 aliphatic heterocycles. The molecule has 0 amide bonds. The first-order valence-electron chi connectivity index (χ1n) is 18.6. The number of aromatic nitrogens is 3. The van der Waals surface area contributed by atoms with Crippen LogP contribution in [0.2, 0.25) is 0 Å². The van der Waals surface area contributed by atoms with Gasteiger partial charge in [-0.3, -0.25) is 4.57 Å². The van der Waals surface area contributed by atoms with Gasteiger partial charge in [0.25, 0.3) is 0 Å². The minimum Gasteiger partial charge on any atom is -0.278 e. The van der Waals surface area contributed by atoms with Crippen molar-refractivity contribution in [2.75, 3.05) is 0 Å². The number of nitrogens with zero attached hydrogens (tertiary/aromatic N) is 3. The van der Waals surface area contributed by atoms with Gasteiger partial charge in [0.05, 0.1) is 22.4 Å². The van der Waals surface area contributed by atoms with Crippen molar-refractivity contribution in [1.82, 2.24) is 14.5 Å². The third-order valence-electron chi connectivity index (χ3n) is 12.2. The summed E-state index contributed by atoms with van der Waals surface area (Å²) >= 11 is 0. The summed E-state index contributed by atoms with van der Waals surface area (Å²) in [4.78, 5) is 10.9. The Hall–Kier alpha value is -6.32. The minimum absolute atomic E-state index is 0.112. The Labute approximate surface area is 309 Å². The quantitative estimate of drug-likeness (QED) is 0.186. The molecule has 9 aromatic rings. The number of para-hydroxylation sites is 1. The van der Waals surface area contributed by atoms with Crippen molar-refractivity contribution in [1.29, 1.82) is 0 Å². The van der Waals surface area contributed by atoms with Gasteiger partial charge in [-0.15, -0.1) is 0 Å². The van der Waals surface area contributed by atoms with Gasteiger partial charge in [0.2, 0.25) is 5.95 Å². The molecule has 3 heteroatoms. The molecule has 0 saturated heterocycles. The molecule has 0 atom stereocenters. The highest BCUT2D eigenvalue weighted by Crippen LogP contribution is 2.53. The van der Waals surface area contributed by atoms with E-state index in [1.54, 1.807) is 0 Å². The Morgan fingerprint density at radius 2 is 1.06 bits per heavy atom. The number of fused-ring (bicyclic) bond motifs is 9. The molecule has 11 rings (SSSR count). The number of hydrogen-bond donors (Lipinski definition) is 0. The maximum Gasteiger partial charge on any atom is 0.235 e. The van der Waals surface area contributed by atoms with E-state index in [2.05, 4.69) is 184 Å². The van der Waals surface area contributed by atoms with E-state index >= 15 is 0 Å². The predicted molar refractivity (Wildman–Crippen MR) is 220 cm³/mol. The molecule has 0 N–H and O–H groups in total. The van der Waals surface area contributed by atoms with E-state index in [1.807, 2.05) is 0 Å². The molecule has 53 heavy (non-hydrogen) atoms. The molecule has 252 valence electrons. The Morgan fingerprint density at radius 1 is 0.434 bits per heavy atom. The smallest absolute Gasteiger partial charge is 0.235 e. The largest absolute Gasteiger partial charge is 0.278 e. The molecular formula is C50H37N3. The normalized spacial score (nSPS) is 14.7. The lowest BCUT2D eigenvalue weighted by Crippen LogP contribution is -2.23. The third-order valence-corrected chi connectivity index (χ3v) is 12.2. The molecule has 2 aromatic heterocycles. The van der Waals surface area contributed by atoms with Gasteiger partial charge in [-0.2, -0.15) is 0 Å². The summed E-state index contributed by atoms with van der Waals surface area (Å²) in [6, 6.07) is 55.3. The highest BCUT2D eigenvalue weighted by molar-refractivity contribution is 6.24. The Balaban J connectivity index is 1.23. The van der Waals surface area contributed by atoms with Crippen LogP contribution in [0.4, 0.5) is 0 Å². The van der Waals surface area contributed by atoms with Crippen molar-refractivity contribution in [3.63, 3.8) is 0 Å². The SMILES string of the molecule is CC1(C)c2ccccc2-c2ccc(-c3cc(-c4ccccc4)nc(-n4c5ccccc5c5c6c7c(cccc7cc54)C(C)(C)c4ccccc4-6)n3)cc21. The predicted octanol–water partition coefficient (Wildman–Crippen LogP) is 12.7. The van der Waals surface area contributed by atoms with Crippen LogP contribution in [0, 0.1) is 0 Å². The van der Waals surface area contributed by atoms with Crippen LogP contribution < -0.4 is 0 Å². The highest BCUT2D eigenvalue weighted by atomic mass is 15.2. The average molecular weight is 680 g/mol. The maximum absolute atomic E-state index is 5.48. The van der Waals surface area contributed by atoms with Crippen molar-refractivity contribution in [2.24, 2.45) is 0 Å². The van der Waals surface area contributed by atoms with Gasteiger partial charge in [-0.05, 0) is 74.0 Å². The molecule has 3 nitrogen and oxygen atoms in total. The first-order chi connectivity index (χ1) is 25.8. The maximum atomic E-state index is 5.48. The molecule has 2 aliphatic carbocycles. The molecular weight excluding hydrogens is 643 g/mol. The van der Waals surface area contributed by atoms with Gasteiger partial charge in [0, 0.05) is 38.3 Å². The zero-order valence-electron chi connectivity index (χ0n) is 30.3. The second kappa shape index (κ2) is 10.6. The lowest BCUT2D eigenvalue weighted by molar-refractivity contribution is 0.645. The number of benzene rings is 7. The molecule has 7 aromatic carbocycles. The summed E-state index contributed by atoms with van der Waals surface area (Å²) in [6.45, 7) is 9.39. The molecule has 0 fully saturated rings. The topological polar surface area (TPSA) is 30.7 Å². The van der Waals surface area contributed by atoms with Crippen LogP contribution in [-0.2, 0) is 10.8 Å². The van der Waals surface area contributed by atoms with Crippen molar-refractivity contribution in [3.05, 3.63) is 174 Å².